The van der Waals surface area contributed by atoms with Crippen molar-refractivity contribution in [3.8, 4) is 0 Å². The van der Waals surface area contributed by atoms with Gasteiger partial charge in [0.15, 0.2) is 5.82 Å². The molecule has 4 nitrogen and oxygen atoms in total. The molecule has 0 saturated heterocycles. The number of nitrogens with one attached hydrogen (secondary N) is 1. The molecule has 19 heavy (non-hydrogen) atoms. The molecule has 0 spiro atoms. The van der Waals surface area contributed by atoms with Crippen LogP contribution in [0, 0.1) is 6.92 Å². The fraction of sp³-hybridized carbons (Fsp3) is 0.231. The van der Waals surface area contributed by atoms with Gasteiger partial charge in [-0.2, -0.15) is 4.98 Å². The molecule has 2 aromatic rings. The third-order valence-electron chi connectivity index (χ3n) is 2.81. The number of hydrogen-bond donors (Lipinski definition) is 2. The van der Waals surface area contributed by atoms with Gasteiger partial charge in [-0.3, -0.25) is 0 Å². The third-order valence-corrected chi connectivity index (χ3v) is 3.21. The maximum atomic E-state index is 5.97. The highest BCUT2D eigenvalue weighted by Gasteiger charge is 2.12. The Balaban J connectivity index is 2.26. The van der Waals surface area contributed by atoms with Crippen molar-refractivity contribution in [3.05, 3.63) is 45.8 Å². The van der Waals surface area contributed by atoms with Crippen molar-refractivity contribution in [2.45, 2.75) is 19.9 Å². The zero-order valence-corrected chi connectivity index (χ0v) is 12.1. The maximum absolute atomic E-state index is 5.97. The van der Waals surface area contributed by atoms with Crippen LogP contribution in [-0.4, -0.2) is 9.97 Å². The highest BCUT2D eigenvalue weighted by molar-refractivity contribution is 6.30. The van der Waals surface area contributed by atoms with E-state index >= 15 is 0 Å². The van der Waals surface area contributed by atoms with E-state index in [2.05, 4.69) is 15.3 Å². The molecule has 1 heterocycles. The van der Waals surface area contributed by atoms with Gasteiger partial charge in [0.05, 0.1) is 17.4 Å². The summed E-state index contributed by atoms with van der Waals surface area (Å²) in [7, 11) is 0. The van der Waals surface area contributed by atoms with Crippen LogP contribution in [0.25, 0.3) is 0 Å². The zero-order chi connectivity index (χ0) is 14.0. The first-order valence-electron chi connectivity index (χ1n) is 5.79. The Morgan fingerprint density at radius 1 is 1.26 bits per heavy atom. The summed E-state index contributed by atoms with van der Waals surface area (Å²) in [5.74, 6) is 0.532. The molecule has 3 N–H and O–H groups in total. The van der Waals surface area contributed by atoms with Gasteiger partial charge < -0.3 is 11.1 Å². The molecule has 1 aromatic heterocycles. The summed E-state index contributed by atoms with van der Waals surface area (Å²) in [5.41, 5.74) is 8.13. The molecule has 0 fully saturated rings. The van der Waals surface area contributed by atoms with Crippen molar-refractivity contribution in [2.75, 3.05) is 11.1 Å². The van der Waals surface area contributed by atoms with Gasteiger partial charge in [-0.1, -0.05) is 23.7 Å². The van der Waals surface area contributed by atoms with Crippen molar-refractivity contribution >= 4 is 34.7 Å². The first-order chi connectivity index (χ1) is 8.97. The van der Waals surface area contributed by atoms with Gasteiger partial charge in [0.2, 0.25) is 5.28 Å². The Bertz CT molecular complexity index is 601. The van der Waals surface area contributed by atoms with Crippen LogP contribution in [0.4, 0.5) is 11.5 Å². The van der Waals surface area contributed by atoms with E-state index < -0.39 is 0 Å². The van der Waals surface area contributed by atoms with Gasteiger partial charge in [0.25, 0.3) is 0 Å². The SMILES string of the molecule is Cc1nc(Cl)nc(NC(C)c2cccc(Cl)c2)c1N. The fourth-order valence-corrected chi connectivity index (χ4v) is 2.13. The molecule has 6 heteroatoms. The van der Waals surface area contributed by atoms with Crippen molar-refractivity contribution in [1.29, 1.82) is 0 Å². The molecule has 0 bridgehead atoms. The molecule has 1 aromatic carbocycles. The van der Waals surface area contributed by atoms with E-state index in [-0.39, 0.29) is 11.3 Å². The number of rotatable bonds is 3. The molecular formula is C13H14Cl2N4. The van der Waals surface area contributed by atoms with E-state index in [1.807, 2.05) is 31.2 Å². The van der Waals surface area contributed by atoms with Crippen molar-refractivity contribution < 1.29 is 0 Å². The number of benzene rings is 1. The lowest BCUT2D eigenvalue weighted by Gasteiger charge is -2.17. The number of aryl methyl sites for hydroxylation is 1. The Morgan fingerprint density at radius 2 is 2.00 bits per heavy atom. The van der Waals surface area contributed by atoms with Crippen LogP contribution >= 0.6 is 23.2 Å². The van der Waals surface area contributed by atoms with Crippen LogP contribution in [-0.2, 0) is 0 Å². The van der Waals surface area contributed by atoms with Gasteiger partial charge in [0.1, 0.15) is 0 Å². The molecule has 1 unspecified atom stereocenters. The highest BCUT2D eigenvalue weighted by atomic mass is 35.5. The summed E-state index contributed by atoms with van der Waals surface area (Å²) < 4.78 is 0. The van der Waals surface area contributed by atoms with Gasteiger partial charge in [-0.15, -0.1) is 0 Å². The standard InChI is InChI=1S/C13H14Cl2N4/c1-7(9-4-3-5-10(14)6-9)17-12-11(16)8(2)18-13(15)19-12/h3-7H,16H2,1-2H3,(H,17,18,19). The lowest BCUT2D eigenvalue weighted by atomic mass is 10.1. The number of nitrogens with zero attached hydrogens (tertiary/aromatic N) is 2. The second-order valence-electron chi connectivity index (χ2n) is 4.26. The van der Waals surface area contributed by atoms with Gasteiger partial charge in [0, 0.05) is 5.02 Å². The summed E-state index contributed by atoms with van der Waals surface area (Å²) in [6.45, 7) is 3.79. The third kappa shape index (κ3) is 3.28. The zero-order valence-electron chi connectivity index (χ0n) is 10.6. The van der Waals surface area contributed by atoms with Crippen LogP contribution in [0.2, 0.25) is 10.3 Å². The quantitative estimate of drug-likeness (QED) is 0.845. The molecular weight excluding hydrogens is 283 g/mol. The number of hydrogen-bond acceptors (Lipinski definition) is 4. The first kappa shape index (κ1) is 13.9. The molecule has 1 atom stereocenters. The maximum Gasteiger partial charge on any atom is 0.224 e. The smallest absolute Gasteiger partial charge is 0.224 e. The van der Waals surface area contributed by atoms with E-state index in [4.69, 9.17) is 28.9 Å². The summed E-state index contributed by atoms with van der Waals surface area (Å²) in [6, 6.07) is 7.61. The van der Waals surface area contributed by atoms with Crippen LogP contribution < -0.4 is 11.1 Å². The second-order valence-corrected chi connectivity index (χ2v) is 5.04. The topological polar surface area (TPSA) is 63.8 Å². The molecule has 0 aliphatic carbocycles. The molecule has 0 saturated carbocycles. The fourth-order valence-electron chi connectivity index (χ4n) is 1.72. The van der Waals surface area contributed by atoms with Crippen molar-refractivity contribution in [1.82, 2.24) is 9.97 Å². The average molecular weight is 297 g/mol. The van der Waals surface area contributed by atoms with E-state index in [0.717, 1.165) is 5.56 Å². The number of halogens is 2. The lowest BCUT2D eigenvalue weighted by Crippen LogP contribution is -2.11. The lowest BCUT2D eigenvalue weighted by molar-refractivity contribution is 0.871. The molecule has 0 amide bonds. The summed E-state index contributed by atoms with van der Waals surface area (Å²) in [6.07, 6.45) is 0. The van der Waals surface area contributed by atoms with Crippen molar-refractivity contribution in [3.63, 3.8) is 0 Å². The molecule has 0 aliphatic heterocycles. The number of anilines is 2. The van der Waals surface area contributed by atoms with Crippen LogP contribution in [0.5, 0.6) is 0 Å². The Labute approximate surface area is 122 Å². The highest BCUT2D eigenvalue weighted by Crippen LogP contribution is 2.26. The molecule has 0 radical (unpaired) electrons. The number of nitrogens with two attached hydrogens (primary N) is 1. The summed E-state index contributed by atoms with van der Waals surface area (Å²) in [5, 5.41) is 4.08. The molecule has 100 valence electrons. The van der Waals surface area contributed by atoms with E-state index in [1.54, 1.807) is 6.92 Å². The normalized spacial score (nSPS) is 12.2. The largest absolute Gasteiger partial charge is 0.394 e. The van der Waals surface area contributed by atoms with E-state index in [9.17, 15) is 0 Å². The van der Waals surface area contributed by atoms with Gasteiger partial charge in [-0.05, 0) is 43.1 Å². The average Bonchev–Trinajstić information content (AvgIpc) is 2.35. The second kappa shape index (κ2) is 5.63. The van der Waals surface area contributed by atoms with Crippen LogP contribution in [0.1, 0.15) is 24.2 Å². The minimum atomic E-state index is 0.00590. The predicted molar refractivity (Wildman–Crippen MR) is 79.7 cm³/mol. The Kier molecular flexibility index (Phi) is 4.12. The Hall–Kier alpha value is -1.52. The minimum absolute atomic E-state index is 0.00590. The first-order valence-corrected chi connectivity index (χ1v) is 6.54. The van der Waals surface area contributed by atoms with Gasteiger partial charge >= 0.3 is 0 Å². The predicted octanol–water partition coefficient (Wildman–Crippen LogP) is 3.85. The van der Waals surface area contributed by atoms with Crippen LogP contribution in [0.15, 0.2) is 24.3 Å². The van der Waals surface area contributed by atoms with E-state index in [0.29, 0.717) is 22.2 Å². The molecule has 0 aliphatic rings. The van der Waals surface area contributed by atoms with Crippen LogP contribution in [0.3, 0.4) is 0 Å². The Morgan fingerprint density at radius 3 is 2.68 bits per heavy atom. The number of aromatic nitrogens is 2. The van der Waals surface area contributed by atoms with E-state index in [1.165, 1.54) is 0 Å². The molecule has 2 rings (SSSR count). The number of nitrogen functional groups attached to an aromatic ring is 1. The summed E-state index contributed by atoms with van der Waals surface area (Å²) in [4.78, 5) is 8.10. The van der Waals surface area contributed by atoms with Crippen molar-refractivity contribution in [2.24, 2.45) is 0 Å². The monoisotopic (exact) mass is 296 g/mol. The summed E-state index contributed by atoms with van der Waals surface area (Å²) >= 11 is 11.8. The minimum Gasteiger partial charge on any atom is -0.394 e. The van der Waals surface area contributed by atoms with Gasteiger partial charge in [-0.25, -0.2) is 4.98 Å².